The fourth-order valence-corrected chi connectivity index (χ4v) is 3.13. The first-order chi connectivity index (χ1) is 16.2. The van der Waals surface area contributed by atoms with E-state index in [9.17, 15) is 19.7 Å². The van der Waals surface area contributed by atoms with Gasteiger partial charge in [-0.3, -0.25) is 19.7 Å². The zero-order chi connectivity index (χ0) is 24.7. The molecule has 3 rings (SSSR count). The van der Waals surface area contributed by atoms with Crippen molar-refractivity contribution in [2.75, 3.05) is 11.9 Å². The number of nitrogens with zero attached hydrogens (tertiary/aromatic N) is 2. The van der Waals surface area contributed by atoms with Crippen molar-refractivity contribution in [2.45, 2.75) is 0 Å². The lowest BCUT2D eigenvalue weighted by Gasteiger charge is -2.10. The largest absolute Gasteiger partial charge is 0.482 e. The fraction of sp³-hybridized carbons (Fsp3) is 0.0455. The predicted octanol–water partition coefficient (Wildman–Crippen LogP) is 5.34. The van der Waals surface area contributed by atoms with Gasteiger partial charge in [-0.2, -0.15) is 5.10 Å². The summed E-state index contributed by atoms with van der Waals surface area (Å²) >= 11 is 18.0. The van der Waals surface area contributed by atoms with Crippen LogP contribution in [0.1, 0.15) is 15.9 Å². The predicted molar refractivity (Wildman–Crippen MR) is 130 cm³/mol. The number of anilines is 1. The summed E-state index contributed by atoms with van der Waals surface area (Å²) in [7, 11) is 0. The van der Waals surface area contributed by atoms with E-state index in [4.69, 9.17) is 39.5 Å². The highest BCUT2D eigenvalue weighted by Gasteiger charge is 2.10. The van der Waals surface area contributed by atoms with Crippen LogP contribution in [0.4, 0.5) is 11.4 Å². The minimum atomic E-state index is -0.557. The van der Waals surface area contributed by atoms with Gasteiger partial charge in [-0.05, 0) is 54.1 Å². The van der Waals surface area contributed by atoms with Crippen molar-refractivity contribution in [3.05, 3.63) is 97.0 Å². The van der Waals surface area contributed by atoms with Crippen LogP contribution in [0.2, 0.25) is 15.1 Å². The minimum absolute atomic E-state index is 0.121. The average molecular weight is 522 g/mol. The number of amides is 2. The maximum absolute atomic E-state index is 12.1. The van der Waals surface area contributed by atoms with E-state index in [1.54, 1.807) is 24.3 Å². The number of rotatable bonds is 8. The first-order valence-corrected chi connectivity index (χ1v) is 10.6. The van der Waals surface area contributed by atoms with Crippen molar-refractivity contribution in [3.8, 4) is 5.75 Å². The van der Waals surface area contributed by atoms with E-state index >= 15 is 0 Å². The summed E-state index contributed by atoms with van der Waals surface area (Å²) < 4.78 is 5.44. The van der Waals surface area contributed by atoms with Crippen molar-refractivity contribution in [2.24, 2.45) is 5.10 Å². The molecule has 0 saturated heterocycles. The Morgan fingerprint density at radius 3 is 2.35 bits per heavy atom. The molecular weight excluding hydrogens is 507 g/mol. The maximum atomic E-state index is 12.1. The van der Waals surface area contributed by atoms with Crippen LogP contribution < -0.4 is 15.5 Å². The Morgan fingerprint density at radius 2 is 1.71 bits per heavy atom. The van der Waals surface area contributed by atoms with E-state index in [1.807, 2.05) is 0 Å². The Hall–Kier alpha value is -3.66. The van der Waals surface area contributed by atoms with E-state index in [-0.39, 0.29) is 28.6 Å². The van der Waals surface area contributed by atoms with Crippen LogP contribution >= 0.6 is 34.8 Å². The first-order valence-electron chi connectivity index (χ1n) is 9.48. The molecule has 0 radical (unpaired) electrons. The molecule has 3 aromatic rings. The van der Waals surface area contributed by atoms with Gasteiger partial charge in [0.1, 0.15) is 5.75 Å². The Balaban J connectivity index is 1.52. The van der Waals surface area contributed by atoms with Crippen molar-refractivity contribution >= 4 is 64.2 Å². The lowest BCUT2D eigenvalue weighted by molar-refractivity contribution is -0.384. The number of nitro groups is 1. The molecule has 2 N–H and O–H groups in total. The zero-order valence-corrected chi connectivity index (χ0v) is 19.4. The third kappa shape index (κ3) is 6.92. The molecule has 2 amide bonds. The topological polar surface area (TPSA) is 123 Å². The van der Waals surface area contributed by atoms with Crippen LogP contribution in [0.3, 0.4) is 0 Å². The summed E-state index contributed by atoms with van der Waals surface area (Å²) in [5.74, 6) is -0.683. The summed E-state index contributed by atoms with van der Waals surface area (Å²) in [5, 5.41) is 18.0. The number of benzene rings is 3. The van der Waals surface area contributed by atoms with E-state index in [0.717, 1.165) is 0 Å². The number of non-ortho nitro benzene ring substituents is 1. The van der Waals surface area contributed by atoms with Crippen LogP contribution in [0.25, 0.3) is 0 Å². The van der Waals surface area contributed by atoms with E-state index < -0.39 is 16.7 Å². The molecule has 0 saturated carbocycles. The molecule has 34 heavy (non-hydrogen) atoms. The van der Waals surface area contributed by atoms with Crippen molar-refractivity contribution in [3.63, 3.8) is 0 Å². The average Bonchev–Trinajstić information content (AvgIpc) is 2.81. The second-order valence-electron chi connectivity index (χ2n) is 6.66. The Labute approximate surface area is 208 Å². The molecule has 0 aliphatic carbocycles. The monoisotopic (exact) mass is 520 g/mol. The molecule has 0 unspecified atom stereocenters. The van der Waals surface area contributed by atoms with Gasteiger partial charge in [0.05, 0.1) is 26.2 Å². The molecule has 0 fully saturated rings. The third-order valence-corrected chi connectivity index (χ3v) is 5.27. The fourth-order valence-electron chi connectivity index (χ4n) is 2.59. The third-order valence-electron chi connectivity index (χ3n) is 4.24. The van der Waals surface area contributed by atoms with Gasteiger partial charge in [0.2, 0.25) is 0 Å². The molecule has 174 valence electrons. The number of hydrogen-bond donors (Lipinski definition) is 2. The molecule has 0 aromatic heterocycles. The molecule has 9 nitrogen and oxygen atoms in total. The van der Waals surface area contributed by atoms with Gasteiger partial charge < -0.3 is 10.1 Å². The molecule has 0 aliphatic heterocycles. The van der Waals surface area contributed by atoms with Crippen LogP contribution in [-0.4, -0.2) is 29.6 Å². The maximum Gasteiger partial charge on any atom is 0.271 e. The van der Waals surface area contributed by atoms with Gasteiger partial charge in [-0.25, -0.2) is 5.43 Å². The van der Waals surface area contributed by atoms with Crippen molar-refractivity contribution in [1.29, 1.82) is 0 Å². The van der Waals surface area contributed by atoms with Crippen molar-refractivity contribution < 1.29 is 19.2 Å². The Kier molecular flexibility index (Phi) is 8.42. The molecule has 0 aliphatic rings. The summed E-state index contributed by atoms with van der Waals surface area (Å²) in [6.07, 6.45) is 1.36. The Morgan fingerprint density at radius 1 is 0.971 bits per heavy atom. The lowest BCUT2D eigenvalue weighted by Crippen LogP contribution is -2.20. The Bertz CT molecular complexity index is 1270. The number of carbonyl (C=O) groups excluding carboxylic acids is 2. The van der Waals surface area contributed by atoms with Crippen LogP contribution in [0.5, 0.6) is 5.75 Å². The summed E-state index contributed by atoms with van der Waals surface area (Å²) in [6.45, 7) is -0.293. The standard InChI is InChI=1S/C22H15Cl3N4O5/c23-17-7-4-15(10-18(17)24)27-21(30)12-34-20-8-1-13(9-19(20)25)11-26-28-22(31)14-2-5-16(6-3-14)29(32)33/h1-11H,12H2,(H,27,30)(H,28,31)/b26-11+. The summed E-state index contributed by atoms with van der Waals surface area (Å²) in [4.78, 5) is 34.3. The van der Waals surface area contributed by atoms with E-state index in [0.29, 0.717) is 21.3 Å². The van der Waals surface area contributed by atoms with Gasteiger partial charge in [-0.1, -0.05) is 34.8 Å². The molecule has 3 aromatic carbocycles. The van der Waals surface area contributed by atoms with Crippen LogP contribution in [-0.2, 0) is 4.79 Å². The zero-order valence-electron chi connectivity index (χ0n) is 17.1. The van der Waals surface area contributed by atoms with Gasteiger partial charge in [0, 0.05) is 23.4 Å². The molecule has 0 heterocycles. The van der Waals surface area contributed by atoms with Gasteiger partial charge >= 0.3 is 0 Å². The lowest BCUT2D eigenvalue weighted by atomic mass is 10.2. The SMILES string of the molecule is O=C(COc1ccc(/C=N/NC(=O)c2ccc([N+](=O)[O-])cc2)cc1Cl)Nc1ccc(Cl)c(Cl)c1. The van der Waals surface area contributed by atoms with Gasteiger partial charge in [0.25, 0.3) is 17.5 Å². The number of hydrogen-bond acceptors (Lipinski definition) is 6. The van der Waals surface area contributed by atoms with Gasteiger partial charge in [-0.15, -0.1) is 0 Å². The number of nitro benzene ring substituents is 1. The molecule has 12 heteroatoms. The minimum Gasteiger partial charge on any atom is -0.482 e. The number of nitrogens with one attached hydrogen (secondary N) is 2. The number of carbonyl (C=O) groups is 2. The van der Waals surface area contributed by atoms with Crippen LogP contribution in [0.15, 0.2) is 65.8 Å². The normalized spacial score (nSPS) is 10.7. The summed E-state index contributed by atoms with van der Waals surface area (Å²) in [5.41, 5.74) is 3.43. The highest BCUT2D eigenvalue weighted by molar-refractivity contribution is 6.42. The molecule has 0 atom stereocenters. The smallest absolute Gasteiger partial charge is 0.271 e. The molecular formula is C22H15Cl3N4O5. The second kappa shape index (κ2) is 11.5. The number of ether oxygens (including phenoxy) is 1. The number of hydrazone groups is 1. The van der Waals surface area contributed by atoms with E-state index in [1.165, 1.54) is 42.6 Å². The number of halogens is 3. The highest BCUT2D eigenvalue weighted by atomic mass is 35.5. The first kappa shape index (κ1) is 25.0. The van der Waals surface area contributed by atoms with Gasteiger partial charge in [0.15, 0.2) is 6.61 Å². The van der Waals surface area contributed by atoms with Crippen molar-refractivity contribution in [1.82, 2.24) is 5.43 Å². The molecule has 0 bridgehead atoms. The van der Waals surface area contributed by atoms with E-state index in [2.05, 4.69) is 15.8 Å². The van der Waals surface area contributed by atoms with Crippen LogP contribution in [0, 0.1) is 10.1 Å². The highest BCUT2D eigenvalue weighted by Crippen LogP contribution is 2.26. The second-order valence-corrected chi connectivity index (χ2v) is 7.88. The quantitative estimate of drug-likeness (QED) is 0.235. The molecule has 0 spiro atoms. The summed E-state index contributed by atoms with van der Waals surface area (Å²) in [6, 6.07) is 14.5.